The molecule has 0 aromatic rings. The van der Waals surface area contributed by atoms with Crippen LogP contribution < -0.4 is 0 Å². The molecule has 0 saturated heterocycles. The van der Waals surface area contributed by atoms with Crippen molar-refractivity contribution in [2.45, 2.75) is 18.4 Å². The van der Waals surface area contributed by atoms with Gasteiger partial charge in [-0.1, -0.05) is 0 Å². The molecule has 0 amide bonds. The van der Waals surface area contributed by atoms with E-state index >= 15 is 0 Å². The topological polar surface area (TPSA) is 55.4 Å². The lowest BCUT2D eigenvalue weighted by Crippen LogP contribution is -2.46. The molecule has 0 N–H and O–H groups in total. The highest BCUT2D eigenvalue weighted by atomic mass is 28.4. The van der Waals surface area contributed by atoms with Crippen LogP contribution in [0.5, 0.6) is 0 Å². The Labute approximate surface area is 98.1 Å². The van der Waals surface area contributed by atoms with Crippen molar-refractivity contribution in [3.63, 3.8) is 0 Å². The van der Waals surface area contributed by atoms with E-state index in [1.54, 1.807) is 21.3 Å². The summed E-state index contributed by atoms with van der Waals surface area (Å²) in [5.41, 5.74) is 0. The monoisotopic (exact) mass is 254 g/mol. The Morgan fingerprint density at radius 1 is 0.750 bits per heavy atom. The number of methoxy groups -OCH3 is 3. The lowest BCUT2D eigenvalue weighted by atomic mass is 10.4. The Hall–Kier alpha value is -0.0231. The molecule has 16 heavy (non-hydrogen) atoms. The van der Waals surface area contributed by atoms with Crippen molar-refractivity contribution in [1.82, 2.24) is 0 Å². The van der Waals surface area contributed by atoms with Crippen LogP contribution in [0.15, 0.2) is 0 Å². The second-order valence-corrected chi connectivity index (χ2v) is 6.18. The fourth-order valence-electron chi connectivity index (χ4n) is 1.42. The van der Waals surface area contributed by atoms with Gasteiger partial charge in [0, 0.05) is 55.1 Å². The van der Waals surface area contributed by atoms with E-state index in [9.17, 15) is 0 Å². The molecule has 0 aromatic heterocycles. The van der Waals surface area contributed by atoms with E-state index in [4.69, 9.17) is 27.5 Å². The molecule has 98 valence electrons. The van der Waals surface area contributed by atoms with Crippen molar-refractivity contribution < 1.29 is 27.5 Å². The summed E-state index contributed by atoms with van der Waals surface area (Å²) < 4.78 is 31.4. The summed E-state index contributed by atoms with van der Waals surface area (Å²) in [4.78, 5) is 0. The third-order valence-electron chi connectivity index (χ3n) is 2.60. The fraction of sp³-hybridized carbons (Fsp3) is 1.00. The Kier molecular flexibility index (Phi) is 7.32. The molecule has 0 saturated carbocycles. The minimum atomic E-state index is -2.62. The van der Waals surface area contributed by atoms with Gasteiger partial charge in [0.05, 0.1) is 0 Å². The quantitative estimate of drug-likeness (QED) is 0.449. The van der Waals surface area contributed by atoms with Crippen molar-refractivity contribution in [2.24, 2.45) is 0 Å². The van der Waals surface area contributed by atoms with Gasteiger partial charge in [-0.2, -0.15) is 0 Å². The number of hydrogen-bond donors (Lipinski definition) is 0. The van der Waals surface area contributed by atoms with E-state index in [0.29, 0.717) is 12.5 Å². The highest BCUT2D eigenvalue weighted by Crippen LogP contribution is 2.25. The fourth-order valence-corrected chi connectivity index (χ4v) is 3.14. The Bertz CT molecular complexity index is 144. The van der Waals surface area contributed by atoms with Crippen LogP contribution >= 0.6 is 0 Å². The first-order valence-corrected chi connectivity index (χ1v) is 6.81. The smallest absolute Gasteiger partial charge is 0.377 e. The second kappa shape index (κ2) is 7.33. The minimum Gasteiger partial charge on any atom is -0.377 e. The third kappa shape index (κ3) is 3.77. The minimum absolute atomic E-state index is 0.457. The van der Waals surface area contributed by atoms with E-state index < -0.39 is 14.8 Å². The van der Waals surface area contributed by atoms with E-state index in [2.05, 4.69) is 0 Å². The molecule has 0 fully saturated rings. The van der Waals surface area contributed by atoms with Gasteiger partial charge < -0.3 is 27.5 Å². The molecule has 0 aromatic carbocycles. The second-order valence-electron chi connectivity index (χ2n) is 3.09. The predicted molar refractivity (Wildman–Crippen MR) is 60.0 cm³/mol. The average Bonchev–Trinajstić information content (AvgIpc) is 2.37. The summed E-state index contributed by atoms with van der Waals surface area (Å²) in [5, 5.41) is 0. The molecule has 0 rings (SSSR count). The van der Waals surface area contributed by atoms with Crippen molar-refractivity contribution in [2.75, 3.05) is 42.7 Å². The largest absolute Gasteiger partial charge is 0.500 e. The van der Waals surface area contributed by atoms with Gasteiger partial charge in [0.1, 0.15) is 0 Å². The molecular formula is C9H22O6Si. The zero-order chi connectivity index (χ0) is 12.7. The van der Waals surface area contributed by atoms with Crippen LogP contribution in [-0.4, -0.2) is 57.4 Å². The number of hydrogen-bond acceptors (Lipinski definition) is 6. The van der Waals surface area contributed by atoms with Crippen molar-refractivity contribution in [3.8, 4) is 0 Å². The molecule has 0 atom stereocenters. The van der Waals surface area contributed by atoms with E-state index in [-0.39, 0.29) is 0 Å². The first-order valence-electron chi connectivity index (χ1n) is 4.88. The lowest BCUT2D eigenvalue weighted by Gasteiger charge is -2.32. The van der Waals surface area contributed by atoms with Gasteiger partial charge in [-0.05, 0) is 0 Å². The highest BCUT2D eigenvalue weighted by Gasteiger charge is 2.42. The van der Waals surface area contributed by atoms with Crippen LogP contribution in [0.1, 0.15) is 6.42 Å². The van der Waals surface area contributed by atoms with Crippen LogP contribution in [0.25, 0.3) is 0 Å². The Morgan fingerprint density at radius 3 is 1.38 bits per heavy atom. The molecule has 0 radical (unpaired) electrons. The van der Waals surface area contributed by atoms with E-state index in [1.165, 1.54) is 21.3 Å². The average molecular weight is 254 g/mol. The zero-order valence-electron chi connectivity index (χ0n) is 10.9. The molecule has 0 aliphatic rings. The maximum Gasteiger partial charge on any atom is 0.500 e. The molecule has 0 spiro atoms. The predicted octanol–water partition coefficient (Wildman–Crippen LogP) is 0.848. The summed E-state index contributed by atoms with van der Waals surface area (Å²) in [7, 11) is 6.62. The van der Waals surface area contributed by atoms with E-state index in [0.717, 1.165) is 0 Å². The van der Waals surface area contributed by atoms with Crippen LogP contribution in [0.3, 0.4) is 0 Å². The van der Waals surface area contributed by atoms with Gasteiger partial charge in [0.15, 0.2) is 0 Å². The summed E-state index contributed by atoms with van der Waals surface area (Å²) >= 11 is 0. The SMILES string of the molecule is COC(CC[Si](OC)(OC)OC)(OC)OC. The Balaban J connectivity index is 4.48. The van der Waals surface area contributed by atoms with Crippen molar-refractivity contribution in [1.29, 1.82) is 0 Å². The molecular weight excluding hydrogens is 232 g/mol. The van der Waals surface area contributed by atoms with Gasteiger partial charge in [-0.3, -0.25) is 0 Å². The van der Waals surface area contributed by atoms with Crippen LogP contribution in [-0.2, 0) is 27.5 Å². The molecule has 7 heteroatoms. The van der Waals surface area contributed by atoms with Crippen molar-refractivity contribution in [3.05, 3.63) is 0 Å². The molecule has 0 aliphatic carbocycles. The molecule has 0 bridgehead atoms. The zero-order valence-corrected chi connectivity index (χ0v) is 11.9. The van der Waals surface area contributed by atoms with Gasteiger partial charge in [-0.25, -0.2) is 0 Å². The first-order chi connectivity index (χ1) is 7.57. The molecule has 6 nitrogen and oxygen atoms in total. The standard InChI is InChI=1S/C9H22O6Si/c1-10-9(11-2,12-3)7-8-16(13-4,14-5)15-6/h7-8H2,1-6H3. The van der Waals surface area contributed by atoms with Gasteiger partial charge >= 0.3 is 8.80 Å². The number of rotatable bonds is 9. The summed E-state index contributed by atoms with van der Waals surface area (Å²) in [5.74, 6) is -1.08. The van der Waals surface area contributed by atoms with Gasteiger partial charge in [0.25, 0.3) is 5.97 Å². The maximum absolute atomic E-state index is 5.29. The van der Waals surface area contributed by atoms with Crippen molar-refractivity contribution >= 4 is 8.80 Å². The molecule has 0 aliphatic heterocycles. The number of ether oxygens (including phenoxy) is 3. The summed E-state index contributed by atoms with van der Waals surface area (Å²) in [6.45, 7) is 0. The van der Waals surface area contributed by atoms with Crippen LogP contribution in [0.4, 0.5) is 0 Å². The normalized spacial score (nSPS) is 13.1. The summed E-state index contributed by atoms with van der Waals surface area (Å²) in [6.07, 6.45) is 0.457. The maximum atomic E-state index is 5.29. The summed E-state index contributed by atoms with van der Waals surface area (Å²) in [6, 6.07) is 0.534. The third-order valence-corrected chi connectivity index (χ3v) is 5.33. The molecule has 0 unspecified atom stereocenters. The Morgan fingerprint density at radius 2 is 1.12 bits per heavy atom. The first kappa shape index (κ1) is 16.0. The van der Waals surface area contributed by atoms with Gasteiger partial charge in [-0.15, -0.1) is 0 Å². The van der Waals surface area contributed by atoms with Gasteiger partial charge in [0.2, 0.25) is 0 Å². The lowest BCUT2D eigenvalue weighted by molar-refractivity contribution is -0.353. The molecule has 0 heterocycles. The van der Waals surface area contributed by atoms with Crippen LogP contribution in [0, 0.1) is 0 Å². The van der Waals surface area contributed by atoms with E-state index in [1.807, 2.05) is 0 Å². The van der Waals surface area contributed by atoms with Crippen LogP contribution in [0.2, 0.25) is 6.04 Å². The highest BCUT2D eigenvalue weighted by molar-refractivity contribution is 6.60.